The highest BCUT2D eigenvalue weighted by Crippen LogP contribution is 2.18. The maximum Gasteiger partial charge on any atom is 0.0468 e. The smallest absolute Gasteiger partial charge is 0.0468 e. The summed E-state index contributed by atoms with van der Waals surface area (Å²) in [5, 5.41) is 5.48. The molecule has 0 fully saturated rings. The molecule has 80 valence electrons. The summed E-state index contributed by atoms with van der Waals surface area (Å²) < 4.78 is 0. The van der Waals surface area contributed by atoms with Crippen molar-refractivity contribution in [1.29, 1.82) is 0 Å². The topological polar surface area (TPSA) is 38.0 Å². The summed E-state index contributed by atoms with van der Waals surface area (Å²) >= 11 is 1.72. The molecule has 0 saturated heterocycles. The average Bonchev–Trinajstić information content (AvgIpc) is 2.51. The van der Waals surface area contributed by atoms with Gasteiger partial charge in [0.05, 0.1) is 0 Å². The Labute approximate surface area is 90.5 Å². The molecule has 1 heterocycles. The van der Waals surface area contributed by atoms with E-state index in [1.807, 2.05) is 11.4 Å². The molecule has 0 radical (unpaired) electrons. The number of hydrogen-bond donors (Lipinski definition) is 2. The highest BCUT2D eigenvalue weighted by atomic mass is 32.1. The molecule has 3 heteroatoms. The van der Waals surface area contributed by atoms with Gasteiger partial charge in [-0.1, -0.05) is 20.8 Å². The first-order valence-electron chi connectivity index (χ1n) is 5.13. The van der Waals surface area contributed by atoms with E-state index in [1.165, 1.54) is 4.88 Å². The number of thiophene rings is 1. The van der Waals surface area contributed by atoms with Gasteiger partial charge < -0.3 is 11.1 Å². The predicted molar refractivity (Wildman–Crippen MR) is 64.4 cm³/mol. The Morgan fingerprint density at radius 1 is 1.43 bits per heavy atom. The third-order valence-electron chi connectivity index (χ3n) is 2.67. The summed E-state index contributed by atoms with van der Waals surface area (Å²) in [6.45, 7) is 8.75. The maximum absolute atomic E-state index is 5.79. The molecule has 0 bridgehead atoms. The van der Waals surface area contributed by atoms with Crippen molar-refractivity contribution in [2.24, 2.45) is 11.8 Å². The first kappa shape index (κ1) is 11.5. The van der Waals surface area contributed by atoms with Gasteiger partial charge in [0.2, 0.25) is 0 Å². The molecule has 1 aromatic rings. The van der Waals surface area contributed by atoms with Crippen molar-refractivity contribution < 1.29 is 0 Å². The Kier molecular flexibility index (Phi) is 4.42. The van der Waals surface area contributed by atoms with E-state index >= 15 is 0 Å². The zero-order valence-electron chi connectivity index (χ0n) is 9.21. The number of hydrogen-bond acceptors (Lipinski definition) is 3. The van der Waals surface area contributed by atoms with Crippen molar-refractivity contribution in [3.8, 4) is 0 Å². The van der Waals surface area contributed by atoms with Crippen LogP contribution in [0.3, 0.4) is 0 Å². The van der Waals surface area contributed by atoms with E-state index in [9.17, 15) is 0 Å². The normalized spacial score (nSPS) is 13.4. The zero-order chi connectivity index (χ0) is 10.6. The summed E-state index contributed by atoms with van der Waals surface area (Å²) in [5.74, 6) is 1.46. The third-order valence-corrected chi connectivity index (χ3v) is 3.61. The number of rotatable bonds is 5. The molecule has 2 nitrogen and oxygen atoms in total. The fourth-order valence-corrected chi connectivity index (χ4v) is 1.91. The minimum atomic E-state index is 0.719. The second-order valence-electron chi connectivity index (χ2n) is 4.15. The van der Waals surface area contributed by atoms with Crippen molar-refractivity contribution >= 4 is 17.0 Å². The molecule has 0 aliphatic rings. The van der Waals surface area contributed by atoms with E-state index in [4.69, 9.17) is 5.73 Å². The monoisotopic (exact) mass is 212 g/mol. The van der Waals surface area contributed by atoms with Gasteiger partial charge in [0.15, 0.2) is 0 Å². The van der Waals surface area contributed by atoms with E-state index in [-0.39, 0.29) is 0 Å². The second-order valence-corrected chi connectivity index (χ2v) is 5.15. The van der Waals surface area contributed by atoms with Crippen LogP contribution in [-0.4, -0.2) is 6.54 Å². The highest BCUT2D eigenvalue weighted by Gasteiger charge is 2.06. The van der Waals surface area contributed by atoms with E-state index in [0.29, 0.717) is 0 Å². The van der Waals surface area contributed by atoms with Crippen LogP contribution in [0.2, 0.25) is 0 Å². The van der Waals surface area contributed by atoms with Gasteiger partial charge in [0, 0.05) is 17.1 Å². The lowest BCUT2D eigenvalue weighted by Gasteiger charge is -2.15. The first-order valence-corrected chi connectivity index (χ1v) is 6.01. The lowest BCUT2D eigenvalue weighted by Crippen LogP contribution is -2.23. The summed E-state index contributed by atoms with van der Waals surface area (Å²) in [5.41, 5.74) is 6.70. The summed E-state index contributed by atoms with van der Waals surface area (Å²) in [6, 6.07) is 1.97. The molecule has 0 spiro atoms. The van der Waals surface area contributed by atoms with Gasteiger partial charge in [-0.3, -0.25) is 0 Å². The van der Waals surface area contributed by atoms with Crippen molar-refractivity contribution in [2.75, 3.05) is 12.3 Å². The minimum absolute atomic E-state index is 0.719. The maximum atomic E-state index is 5.79. The molecule has 1 aromatic heterocycles. The molecule has 0 amide bonds. The van der Waals surface area contributed by atoms with Crippen LogP contribution in [0.4, 0.5) is 5.69 Å². The Morgan fingerprint density at radius 3 is 2.64 bits per heavy atom. The zero-order valence-corrected chi connectivity index (χ0v) is 10.0. The highest BCUT2D eigenvalue weighted by molar-refractivity contribution is 7.10. The van der Waals surface area contributed by atoms with Crippen LogP contribution >= 0.6 is 11.3 Å². The van der Waals surface area contributed by atoms with Gasteiger partial charge in [0.25, 0.3) is 0 Å². The van der Waals surface area contributed by atoms with Crippen LogP contribution in [0.5, 0.6) is 0 Å². The van der Waals surface area contributed by atoms with E-state index in [2.05, 4.69) is 26.1 Å². The van der Waals surface area contributed by atoms with Crippen LogP contribution < -0.4 is 11.1 Å². The summed E-state index contributed by atoms with van der Waals surface area (Å²) in [4.78, 5) is 1.25. The number of nitrogens with one attached hydrogen (secondary N) is 1. The minimum Gasteiger partial charge on any atom is -0.398 e. The van der Waals surface area contributed by atoms with E-state index in [1.54, 1.807) is 11.3 Å². The van der Waals surface area contributed by atoms with Crippen LogP contribution in [0.25, 0.3) is 0 Å². The SMILES string of the molecule is CC(C)C(C)CNCc1sccc1N. The van der Waals surface area contributed by atoms with Crippen molar-refractivity contribution in [3.63, 3.8) is 0 Å². The lowest BCUT2D eigenvalue weighted by molar-refractivity contribution is 0.393. The number of nitrogens with two attached hydrogens (primary N) is 1. The van der Waals surface area contributed by atoms with Gasteiger partial charge in [-0.15, -0.1) is 11.3 Å². The van der Waals surface area contributed by atoms with E-state index < -0.39 is 0 Å². The Balaban J connectivity index is 2.25. The molecule has 14 heavy (non-hydrogen) atoms. The summed E-state index contributed by atoms with van der Waals surface area (Å²) in [7, 11) is 0. The van der Waals surface area contributed by atoms with Gasteiger partial charge in [-0.05, 0) is 29.8 Å². The second kappa shape index (κ2) is 5.37. The molecule has 1 unspecified atom stereocenters. The number of nitrogen functional groups attached to an aromatic ring is 1. The summed E-state index contributed by atoms with van der Waals surface area (Å²) in [6.07, 6.45) is 0. The Bertz CT molecular complexity index is 268. The quantitative estimate of drug-likeness (QED) is 0.787. The van der Waals surface area contributed by atoms with Crippen molar-refractivity contribution in [3.05, 3.63) is 16.3 Å². The predicted octanol–water partition coefficient (Wildman–Crippen LogP) is 2.71. The van der Waals surface area contributed by atoms with Gasteiger partial charge in [-0.2, -0.15) is 0 Å². The Morgan fingerprint density at radius 2 is 2.14 bits per heavy atom. The molecule has 0 saturated carbocycles. The Hall–Kier alpha value is -0.540. The van der Waals surface area contributed by atoms with Crippen molar-refractivity contribution in [2.45, 2.75) is 27.3 Å². The molecular formula is C11H20N2S. The van der Waals surface area contributed by atoms with Crippen LogP contribution in [0.1, 0.15) is 25.6 Å². The fraction of sp³-hybridized carbons (Fsp3) is 0.636. The molecule has 1 rings (SSSR count). The average molecular weight is 212 g/mol. The van der Waals surface area contributed by atoms with Crippen molar-refractivity contribution in [1.82, 2.24) is 5.32 Å². The standard InChI is InChI=1S/C11H20N2S/c1-8(2)9(3)6-13-7-11-10(12)4-5-14-11/h4-5,8-9,13H,6-7,12H2,1-3H3. The molecule has 3 N–H and O–H groups in total. The van der Waals surface area contributed by atoms with Crippen LogP contribution in [0.15, 0.2) is 11.4 Å². The van der Waals surface area contributed by atoms with Gasteiger partial charge >= 0.3 is 0 Å². The molecule has 0 aliphatic carbocycles. The first-order chi connectivity index (χ1) is 6.61. The molecular weight excluding hydrogens is 192 g/mol. The van der Waals surface area contributed by atoms with Gasteiger partial charge in [0.1, 0.15) is 0 Å². The van der Waals surface area contributed by atoms with E-state index in [0.717, 1.165) is 30.6 Å². The molecule has 0 aromatic carbocycles. The molecule has 0 aliphatic heterocycles. The fourth-order valence-electron chi connectivity index (χ4n) is 1.14. The number of anilines is 1. The van der Waals surface area contributed by atoms with Gasteiger partial charge in [-0.25, -0.2) is 0 Å². The third kappa shape index (κ3) is 3.31. The van der Waals surface area contributed by atoms with Crippen LogP contribution in [-0.2, 0) is 6.54 Å². The largest absolute Gasteiger partial charge is 0.398 e. The van der Waals surface area contributed by atoms with Crippen LogP contribution in [0, 0.1) is 11.8 Å². The molecule has 1 atom stereocenters. The lowest BCUT2D eigenvalue weighted by atomic mass is 9.98.